The summed E-state index contributed by atoms with van der Waals surface area (Å²) in [5, 5.41) is 13.7. The predicted octanol–water partition coefficient (Wildman–Crippen LogP) is 2.89. The quantitative estimate of drug-likeness (QED) is 0.423. The summed E-state index contributed by atoms with van der Waals surface area (Å²) in [7, 11) is 2.10. The Morgan fingerprint density at radius 2 is 1.85 bits per heavy atom. The van der Waals surface area contributed by atoms with Gasteiger partial charge in [-0.25, -0.2) is 4.68 Å². The van der Waals surface area contributed by atoms with E-state index in [-0.39, 0.29) is 24.3 Å². The van der Waals surface area contributed by atoms with Gasteiger partial charge in [-0.1, -0.05) is 53.7 Å². The second-order valence-corrected chi connectivity index (χ2v) is 9.36. The van der Waals surface area contributed by atoms with E-state index < -0.39 is 0 Å². The summed E-state index contributed by atoms with van der Waals surface area (Å²) in [6.45, 7) is 3.61. The highest BCUT2D eigenvalue weighted by Crippen LogP contribution is 2.34. The summed E-state index contributed by atoms with van der Waals surface area (Å²) in [4.78, 5) is 5.59. The topological polar surface area (TPSA) is 80.2 Å². The first-order valence-corrected chi connectivity index (χ1v) is 11.9. The maximum absolute atomic E-state index is 6.19. The molecule has 34 heavy (non-hydrogen) atoms. The molecule has 0 aliphatic carbocycles. The van der Waals surface area contributed by atoms with Gasteiger partial charge in [0.1, 0.15) is 18.2 Å². The fraction of sp³-hybridized carbons (Fsp3) is 0.385. The van der Waals surface area contributed by atoms with Crippen LogP contribution in [0.2, 0.25) is 0 Å². The van der Waals surface area contributed by atoms with Crippen LogP contribution in [0, 0.1) is 0 Å². The first kappa shape index (κ1) is 21.5. The van der Waals surface area contributed by atoms with Gasteiger partial charge >= 0.3 is 0 Å². The van der Waals surface area contributed by atoms with E-state index in [1.165, 1.54) is 16.5 Å². The number of nitrogens with one attached hydrogen (secondary N) is 2. The van der Waals surface area contributed by atoms with Crippen molar-refractivity contribution in [3.63, 3.8) is 0 Å². The zero-order valence-corrected chi connectivity index (χ0v) is 19.3. The molecule has 4 heterocycles. The molecule has 2 aromatic heterocycles. The van der Waals surface area contributed by atoms with Crippen molar-refractivity contribution in [3.8, 4) is 0 Å². The number of nitrogens with zero attached hydrogens (tertiary/aromatic N) is 4. The van der Waals surface area contributed by atoms with Crippen LogP contribution in [-0.2, 0) is 29.1 Å². The first-order valence-electron chi connectivity index (χ1n) is 11.9. The van der Waals surface area contributed by atoms with Crippen LogP contribution in [0.15, 0.2) is 67.0 Å². The monoisotopic (exact) mass is 458 g/mol. The minimum Gasteiger partial charge on any atom is -0.371 e. The van der Waals surface area contributed by atoms with E-state index >= 15 is 0 Å². The molecule has 2 aliphatic rings. The number of aromatic amines is 1. The highest BCUT2D eigenvalue weighted by molar-refractivity contribution is 5.82. The standard InChI is InChI=1S/C26H30N6O2/c1-31(13-18-7-3-2-4-8-18)14-20-15-32(30-29-20)24-17-34-25-23(16-33-26(24)25)28-12-19-11-27-22-10-6-5-9-21(19)22/h2-11,15,23-28H,12-14,16-17H2,1H3/t23-,24-,25+,26+/m0/s1. The molecule has 2 aliphatic heterocycles. The average Bonchev–Trinajstić information content (AvgIpc) is 3.63. The number of aromatic nitrogens is 4. The predicted molar refractivity (Wildman–Crippen MR) is 129 cm³/mol. The molecule has 176 valence electrons. The molecule has 4 aromatic rings. The highest BCUT2D eigenvalue weighted by atomic mass is 16.6. The van der Waals surface area contributed by atoms with E-state index in [2.05, 4.69) is 87.3 Å². The lowest BCUT2D eigenvalue weighted by Crippen LogP contribution is -2.40. The van der Waals surface area contributed by atoms with Crippen LogP contribution >= 0.6 is 0 Å². The fourth-order valence-electron chi connectivity index (χ4n) is 5.18. The zero-order valence-electron chi connectivity index (χ0n) is 19.3. The molecule has 0 bridgehead atoms. The Morgan fingerprint density at radius 1 is 1.03 bits per heavy atom. The van der Waals surface area contributed by atoms with Crippen molar-refractivity contribution >= 4 is 10.9 Å². The third-order valence-corrected chi connectivity index (χ3v) is 6.88. The Bertz CT molecular complexity index is 1240. The van der Waals surface area contributed by atoms with Gasteiger partial charge in [0.2, 0.25) is 0 Å². The van der Waals surface area contributed by atoms with E-state index in [4.69, 9.17) is 9.47 Å². The lowest BCUT2D eigenvalue weighted by molar-refractivity contribution is 0.0620. The van der Waals surface area contributed by atoms with Crippen molar-refractivity contribution in [1.82, 2.24) is 30.2 Å². The Morgan fingerprint density at radius 3 is 2.76 bits per heavy atom. The Labute approximate surface area is 198 Å². The molecular formula is C26H30N6O2. The Kier molecular flexibility index (Phi) is 5.88. The third-order valence-electron chi connectivity index (χ3n) is 6.88. The lowest BCUT2D eigenvalue weighted by atomic mass is 10.1. The summed E-state index contributed by atoms with van der Waals surface area (Å²) in [6.07, 6.45) is 4.11. The minimum absolute atomic E-state index is 0.0166. The van der Waals surface area contributed by atoms with E-state index in [1.54, 1.807) is 0 Å². The van der Waals surface area contributed by atoms with E-state index in [0.29, 0.717) is 13.2 Å². The van der Waals surface area contributed by atoms with E-state index in [1.807, 2.05) is 16.9 Å². The molecule has 8 heteroatoms. The number of benzene rings is 2. The normalized spacial score (nSPS) is 24.3. The van der Waals surface area contributed by atoms with Crippen LogP contribution in [0.1, 0.15) is 22.9 Å². The second-order valence-electron chi connectivity index (χ2n) is 9.36. The molecule has 2 aromatic carbocycles. The van der Waals surface area contributed by atoms with Gasteiger partial charge in [-0.05, 0) is 24.2 Å². The van der Waals surface area contributed by atoms with Crippen molar-refractivity contribution < 1.29 is 9.47 Å². The largest absolute Gasteiger partial charge is 0.371 e. The maximum atomic E-state index is 6.19. The van der Waals surface area contributed by atoms with E-state index in [9.17, 15) is 0 Å². The fourth-order valence-corrected chi connectivity index (χ4v) is 5.18. The van der Waals surface area contributed by atoms with Crippen LogP contribution in [0.3, 0.4) is 0 Å². The molecular weight excluding hydrogens is 428 g/mol. The van der Waals surface area contributed by atoms with Crippen LogP contribution in [0.5, 0.6) is 0 Å². The first-order chi connectivity index (χ1) is 16.7. The molecule has 0 unspecified atom stereocenters. The molecule has 0 amide bonds. The van der Waals surface area contributed by atoms with E-state index in [0.717, 1.165) is 30.8 Å². The Hall–Kier alpha value is -3.04. The summed E-state index contributed by atoms with van der Waals surface area (Å²) >= 11 is 0. The summed E-state index contributed by atoms with van der Waals surface area (Å²) in [6, 6.07) is 19.0. The van der Waals surface area contributed by atoms with Crippen LogP contribution in [0.4, 0.5) is 0 Å². The molecule has 0 saturated carbocycles. The van der Waals surface area contributed by atoms with Crippen LogP contribution < -0.4 is 5.32 Å². The molecule has 0 spiro atoms. The summed E-state index contributed by atoms with van der Waals surface area (Å²) < 4.78 is 14.3. The number of rotatable bonds is 8. The van der Waals surface area contributed by atoms with Gasteiger partial charge in [-0.2, -0.15) is 0 Å². The maximum Gasteiger partial charge on any atom is 0.110 e. The molecule has 2 saturated heterocycles. The zero-order chi connectivity index (χ0) is 22.9. The van der Waals surface area contributed by atoms with Crippen LogP contribution in [0.25, 0.3) is 10.9 Å². The molecule has 2 N–H and O–H groups in total. The smallest absolute Gasteiger partial charge is 0.110 e. The summed E-state index contributed by atoms with van der Waals surface area (Å²) in [5.41, 5.74) is 4.66. The number of ether oxygens (including phenoxy) is 2. The highest BCUT2D eigenvalue weighted by Gasteiger charge is 2.48. The van der Waals surface area contributed by atoms with Gasteiger partial charge in [-0.15, -0.1) is 5.10 Å². The van der Waals surface area contributed by atoms with Crippen molar-refractivity contribution in [3.05, 3.63) is 83.8 Å². The lowest BCUT2D eigenvalue weighted by Gasteiger charge is -2.17. The molecule has 0 radical (unpaired) electrons. The number of hydrogen-bond acceptors (Lipinski definition) is 6. The van der Waals surface area contributed by atoms with Crippen molar-refractivity contribution in [2.75, 3.05) is 20.3 Å². The van der Waals surface area contributed by atoms with Gasteiger partial charge in [0.05, 0.1) is 31.1 Å². The minimum atomic E-state index is -0.0166. The second kappa shape index (κ2) is 9.31. The summed E-state index contributed by atoms with van der Waals surface area (Å²) in [5.74, 6) is 0. The number of H-pyrrole nitrogens is 1. The number of para-hydroxylation sites is 1. The SMILES string of the molecule is CN(Cc1ccccc1)Cc1cn([C@H]2CO[C@H]3[C@@H]2OC[C@@H]3NCc2c[nH]c3ccccc23)nn1. The molecule has 8 nitrogen and oxygen atoms in total. The van der Waals surface area contributed by atoms with Gasteiger partial charge in [0.25, 0.3) is 0 Å². The van der Waals surface area contributed by atoms with Crippen molar-refractivity contribution in [1.29, 1.82) is 0 Å². The van der Waals surface area contributed by atoms with Gasteiger partial charge < -0.3 is 19.8 Å². The third kappa shape index (κ3) is 4.25. The number of hydrogen-bond donors (Lipinski definition) is 2. The van der Waals surface area contributed by atoms with Gasteiger partial charge in [0.15, 0.2) is 0 Å². The molecule has 4 atom stereocenters. The Balaban J connectivity index is 1.06. The molecule has 6 rings (SSSR count). The van der Waals surface area contributed by atoms with Crippen molar-refractivity contribution in [2.24, 2.45) is 0 Å². The number of fused-ring (bicyclic) bond motifs is 2. The van der Waals surface area contributed by atoms with Crippen LogP contribution in [-0.4, -0.2) is 63.4 Å². The average molecular weight is 459 g/mol. The van der Waals surface area contributed by atoms with Gasteiger partial charge in [0, 0.05) is 36.7 Å². The molecule has 2 fully saturated rings. The van der Waals surface area contributed by atoms with Gasteiger partial charge in [-0.3, -0.25) is 4.90 Å². The van der Waals surface area contributed by atoms with Crippen molar-refractivity contribution in [2.45, 2.75) is 43.9 Å².